The van der Waals surface area contributed by atoms with E-state index in [1.165, 1.54) is 54.4 Å². The molecular weight excluding hydrogens is 278 g/mol. The Bertz CT molecular complexity index is 692. The van der Waals surface area contributed by atoms with Gasteiger partial charge in [-0.2, -0.15) is 0 Å². The highest BCUT2D eigenvalue weighted by Crippen LogP contribution is 2.37. The first-order valence-electron chi connectivity index (χ1n) is 8.74. The van der Waals surface area contributed by atoms with E-state index < -0.39 is 0 Å². The van der Waals surface area contributed by atoms with Crippen LogP contribution in [0.1, 0.15) is 38.1 Å². The molecule has 3 aromatic rings. The van der Waals surface area contributed by atoms with E-state index in [9.17, 15) is 0 Å². The van der Waals surface area contributed by atoms with Crippen LogP contribution in [0.3, 0.4) is 0 Å². The van der Waals surface area contributed by atoms with Crippen LogP contribution in [0.15, 0.2) is 73.1 Å². The summed E-state index contributed by atoms with van der Waals surface area (Å²) < 4.78 is 2.48. The zero-order chi connectivity index (χ0) is 15.5. The van der Waals surface area contributed by atoms with Gasteiger partial charge in [-0.15, -0.1) is 0 Å². The smallest absolute Gasteiger partial charge is 0.0331 e. The van der Waals surface area contributed by atoms with E-state index in [4.69, 9.17) is 0 Å². The van der Waals surface area contributed by atoms with Gasteiger partial charge in [-0.25, -0.2) is 0 Å². The van der Waals surface area contributed by atoms with Gasteiger partial charge in [-0.3, -0.25) is 0 Å². The SMILES string of the molecule is c1ccc(-c2cn(C3CCCCC3)cc2-c2ccccc2)cc1. The molecule has 1 aromatic heterocycles. The molecule has 1 heterocycles. The van der Waals surface area contributed by atoms with Crippen LogP contribution in [-0.4, -0.2) is 4.57 Å². The lowest BCUT2D eigenvalue weighted by Crippen LogP contribution is -2.10. The Morgan fingerprint density at radius 2 is 1.09 bits per heavy atom. The molecule has 0 unspecified atom stereocenters. The van der Waals surface area contributed by atoms with Crippen molar-refractivity contribution in [1.82, 2.24) is 4.57 Å². The van der Waals surface area contributed by atoms with Gasteiger partial charge in [0.25, 0.3) is 0 Å². The first kappa shape index (κ1) is 14.3. The van der Waals surface area contributed by atoms with E-state index in [-0.39, 0.29) is 0 Å². The Morgan fingerprint density at radius 3 is 1.57 bits per heavy atom. The summed E-state index contributed by atoms with van der Waals surface area (Å²) in [6.45, 7) is 0. The number of rotatable bonds is 3. The van der Waals surface area contributed by atoms with Gasteiger partial charge >= 0.3 is 0 Å². The van der Waals surface area contributed by atoms with Crippen LogP contribution in [0, 0.1) is 0 Å². The number of aromatic nitrogens is 1. The summed E-state index contributed by atoms with van der Waals surface area (Å²) in [5.74, 6) is 0. The number of nitrogens with zero attached hydrogens (tertiary/aromatic N) is 1. The van der Waals surface area contributed by atoms with Gasteiger partial charge in [-0.1, -0.05) is 79.9 Å². The van der Waals surface area contributed by atoms with Gasteiger partial charge in [0.2, 0.25) is 0 Å². The maximum Gasteiger partial charge on any atom is 0.0331 e. The van der Waals surface area contributed by atoms with Crippen molar-refractivity contribution in [3.63, 3.8) is 0 Å². The Balaban J connectivity index is 1.81. The lowest BCUT2D eigenvalue weighted by atomic mass is 9.95. The van der Waals surface area contributed by atoms with Crippen LogP contribution < -0.4 is 0 Å². The lowest BCUT2D eigenvalue weighted by molar-refractivity contribution is 0.354. The standard InChI is InChI=1S/C22H23N/c1-4-10-18(11-5-1)21-16-23(20-14-8-3-9-15-20)17-22(21)19-12-6-2-7-13-19/h1-2,4-7,10-13,16-17,20H,3,8-9,14-15H2. The third kappa shape index (κ3) is 2.96. The van der Waals surface area contributed by atoms with E-state index in [0.717, 1.165) is 0 Å². The van der Waals surface area contributed by atoms with Crippen molar-refractivity contribution in [2.24, 2.45) is 0 Å². The van der Waals surface area contributed by atoms with Gasteiger partial charge in [0.1, 0.15) is 0 Å². The molecule has 4 rings (SSSR count). The molecule has 1 fully saturated rings. The van der Waals surface area contributed by atoms with Crippen molar-refractivity contribution in [3.8, 4) is 22.3 Å². The average Bonchev–Trinajstić information content (AvgIpc) is 3.09. The first-order valence-corrected chi connectivity index (χ1v) is 8.74. The molecule has 23 heavy (non-hydrogen) atoms. The van der Waals surface area contributed by atoms with Crippen LogP contribution in [0.4, 0.5) is 0 Å². The number of hydrogen-bond donors (Lipinski definition) is 0. The predicted molar refractivity (Wildman–Crippen MR) is 97.4 cm³/mol. The van der Waals surface area contributed by atoms with Crippen LogP contribution >= 0.6 is 0 Å². The van der Waals surface area contributed by atoms with E-state index in [0.29, 0.717) is 6.04 Å². The molecule has 1 heteroatoms. The van der Waals surface area contributed by atoms with E-state index in [1.807, 2.05) is 0 Å². The minimum Gasteiger partial charge on any atom is -0.350 e. The van der Waals surface area contributed by atoms with Crippen LogP contribution in [0.2, 0.25) is 0 Å². The second kappa shape index (κ2) is 6.45. The molecule has 116 valence electrons. The molecule has 0 radical (unpaired) electrons. The van der Waals surface area contributed by atoms with Gasteiger partial charge in [-0.05, 0) is 24.0 Å². The van der Waals surface area contributed by atoms with E-state index >= 15 is 0 Å². The van der Waals surface area contributed by atoms with Gasteiger partial charge in [0.15, 0.2) is 0 Å². The maximum absolute atomic E-state index is 2.48. The fourth-order valence-electron chi connectivity index (χ4n) is 3.76. The lowest BCUT2D eigenvalue weighted by Gasteiger charge is -2.23. The normalized spacial score (nSPS) is 15.7. The van der Waals surface area contributed by atoms with Crippen LogP contribution in [0.5, 0.6) is 0 Å². The summed E-state index contributed by atoms with van der Waals surface area (Å²) in [5, 5.41) is 0. The topological polar surface area (TPSA) is 4.93 Å². The molecule has 0 bridgehead atoms. The highest BCUT2D eigenvalue weighted by molar-refractivity contribution is 5.83. The minimum atomic E-state index is 0.670. The molecule has 1 nitrogen and oxygen atoms in total. The largest absolute Gasteiger partial charge is 0.350 e. The maximum atomic E-state index is 2.48. The zero-order valence-corrected chi connectivity index (χ0v) is 13.5. The third-order valence-corrected chi connectivity index (χ3v) is 5.01. The fraction of sp³-hybridized carbons (Fsp3) is 0.273. The highest BCUT2D eigenvalue weighted by Gasteiger charge is 2.18. The van der Waals surface area contributed by atoms with Crippen molar-refractivity contribution in [3.05, 3.63) is 73.1 Å². The van der Waals surface area contributed by atoms with Gasteiger partial charge in [0, 0.05) is 29.6 Å². The van der Waals surface area contributed by atoms with E-state index in [2.05, 4.69) is 77.6 Å². The van der Waals surface area contributed by atoms with Crippen molar-refractivity contribution < 1.29 is 0 Å². The molecule has 0 N–H and O–H groups in total. The van der Waals surface area contributed by atoms with Crippen molar-refractivity contribution in [2.75, 3.05) is 0 Å². The Hall–Kier alpha value is -2.28. The average molecular weight is 301 g/mol. The quantitative estimate of drug-likeness (QED) is 0.533. The van der Waals surface area contributed by atoms with Gasteiger partial charge < -0.3 is 4.57 Å². The summed E-state index contributed by atoms with van der Waals surface area (Å²) >= 11 is 0. The molecule has 1 saturated carbocycles. The summed E-state index contributed by atoms with van der Waals surface area (Å²) in [6, 6.07) is 22.2. The fourth-order valence-corrected chi connectivity index (χ4v) is 3.76. The predicted octanol–water partition coefficient (Wildman–Crippen LogP) is 6.33. The van der Waals surface area contributed by atoms with E-state index in [1.54, 1.807) is 0 Å². The third-order valence-electron chi connectivity index (χ3n) is 5.01. The minimum absolute atomic E-state index is 0.670. The zero-order valence-electron chi connectivity index (χ0n) is 13.5. The molecule has 1 aliphatic rings. The highest BCUT2D eigenvalue weighted by atomic mass is 15.0. The number of benzene rings is 2. The molecular formula is C22H23N. The molecule has 2 aromatic carbocycles. The summed E-state index contributed by atoms with van der Waals surface area (Å²) in [5.41, 5.74) is 5.31. The molecule has 0 atom stereocenters. The van der Waals surface area contributed by atoms with Crippen LogP contribution in [-0.2, 0) is 0 Å². The second-order valence-corrected chi connectivity index (χ2v) is 6.56. The Labute approximate surface area is 138 Å². The summed E-state index contributed by atoms with van der Waals surface area (Å²) in [7, 11) is 0. The molecule has 1 aliphatic carbocycles. The van der Waals surface area contributed by atoms with Crippen molar-refractivity contribution in [2.45, 2.75) is 38.1 Å². The van der Waals surface area contributed by atoms with Crippen molar-refractivity contribution in [1.29, 1.82) is 0 Å². The molecule has 0 spiro atoms. The molecule has 0 aliphatic heterocycles. The number of hydrogen-bond acceptors (Lipinski definition) is 0. The molecule has 0 amide bonds. The van der Waals surface area contributed by atoms with Gasteiger partial charge in [0.05, 0.1) is 0 Å². The Kier molecular flexibility index (Phi) is 4.02. The van der Waals surface area contributed by atoms with Crippen molar-refractivity contribution >= 4 is 0 Å². The first-order chi connectivity index (χ1) is 11.4. The summed E-state index contributed by atoms with van der Waals surface area (Å²) in [6.07, 6.45) is 11.5. The Morgan fingerprint density at radius 1 is 0.609 bits per heavy atom. The molecule has 0 saturated heterocycles. The van der Waals surface area contributed by atoms with Crippen LogP contribution in [0.25, 0.3) is 22.3 Å². The monoisotopic (exact) mass is 301 g/mol. The second-order valence-electron chi connectivity index (χ2n) is 6.56. The summed E-state index contributed by atoms with van der Waals surface area (Å²) in [4.78, 5) is 0.